The van der Waals surface area contributed by atoms with Crippen molar-refractivity contribution in [3.8, 4) is 0 Å². The van der Waals surface area contributed by atoms with Crippen molar-refractivity contribution >= 4 is 18.5 Å². The molecule has 2 unspecified atom stereocenters. The van der Waals surface area contributed by atoms with Crippen LogP contribution >= 0.6 is 12.6 Å². The molecule has 1 aliphatic heterocycles. The first-order valence-electron chi connectivity index (χ1n) is 4.76. The highest BCUT2D eigenvalue weighted by Crippen LogP contribution is 2.15. The standard InChI is InChI=1S/C9H17NO2S/c1-7(8-3-2-5-12-8)10-9(11)4-6-13/h7-8,13H,2-6H2,1H3,(H,10,11). The summed E-state index contributed by atoms with van der Waals surface area (Å²) < 4.78 is 5.46. The van der Waals surface area contributed by atoms with Gasteiger partial charge in [0.05, 0.1) is 12.1 Å². The molecule has 4 heteroatoms. The number of nitrogens with one attached hydrogen (secondary N) is 1. The van der Waals surface area contributed by atoms with Gasteiger partial charge in [-0.15, -0.1) is 0 Å². The van der Waals surface area contributed by atoms with Gasteiger partial charge in [-0.2, -0.15) is 12.6 Å². The van der Waals surface area contributed by atoms with Gasteiger partial charge in [0, 0.05) is 13.0 Å². The molecule has 1 aliphatic rings. The van der Waals surface area contributed by atoms with E-state index in [1.807, 2.05) is 6.92 Å². The zero-order valence-corrected chi connectivity index (χ0v) is 8.85. The molecule has 0 bridgehead atoms. The predicted octanol–water partition coefficient (Wildman–Crippen LogP) is 0.990. The van der Waals surface area contributed by atoms with Crippen LogP contribution in [0.3, 0.4) is 0 Å². The van der Waals surface area contributed by atoms with Crippen molar-refractivity contribution < 1.29 is 9.53 Å². The summed E-state index contributed by atoms with van der Waals surface area (Å²) in [5.41, 5.74) is 0. The minimum atomic E-state index is 0.0676. The highest BCUT2D eigenvalue weighted by molar-refractivity contribution is 7.80. The fourth-order valence-corrected chi connectivity index (χ4v) is 1.72. The van der Waals surface area contributed by atoms with Gasteiger partial charge in [0.15, 0.2) is 0 Å². The van der Waals surface area contributed by atoms with Crippen LogP contribution in [0.1, 0.15) is 26.2 Å². The number of hydrogen-bond donors (Lipinski definition) is 2. The Balaban J connectivity index is 2.22. The van der Waals surface area contributed by atoms with Gasteiger partial charge >= 0.3 is 0 Å². The smallest absolute Gasteiger partial charge is 0.221 e. The summed E-state index contributed by atoms with van der Waals surface area (Å²) in [7, 11) is 0. The van der Waals surface area contributed by atoms with Crippen LogP contribution in [0.4, 0.5) is 0 Å². The Morgan fingerprint density at radius 3 is 3.08 bits per heavy atom. The van der Waals surface area contributed by atoms with E-state index >= 15 is 0 Å². The molecule has 76 valence electrons. The number of carbonyl (C=O) groups is 1. The van der Waals surface area contributed by atoms with Gasteiger partial charge in [-0.05, 0) is 25.5 Å². The maximum Gasteiger partial charge on any atom is 0.221 e. The molecule has 0 aromatic carbocycles. The summed E-state index contributed by atoms with van der Waals surface area (Å²) in [4.78, 5) is 11.2. The molecule has 13 heavy (non-hydrogen) atoms. The quantitative estimate of drug-likeness (QED) is 0.669. The second kappa shape index (κ2) is 5.50. The van der Waals surface area contributed by atoms with Crippen molar-refractivity contribution in [3.63, 3.8) is 0 Å². The summed E-state index contributed by atoms with van der Waals surface area (Å²) in [6, 6.07) is 0.134. The SMILES string of the molecule is CC(NC(=O)CCS)C1CCCO1. The predicted molar refractivity (Wildman–Crippen MR) is 55.0 cm³/mol. The summed E-state index contributed by atoms with van der Waals surface area (Å²) in [6.07, 6.45) is 2.86. The highest BCUT2D eigenvalue weighted by Gasteiger charge is 2.23. The zero-order chi connectivity index (χ0) is 9.68. The minimum Gasteiger partial charge on any atom is -0.376 e. The molecule has 1 amide bonds. The molecular formula is C9H17NO2S. The van der Waals surface area contributed by atoms with E-state index in [0.29, 0.717) is 12.2 Å². The monoisotopic (exact) mass is 203 g/mol. The number of hydrogen-bond acceptors (Lipinski definition) is 3. The highest BCUT2D eigenvalue weighted by atomic mass is 32.1. The third-order valence-corrected chi connectivity index (χ3v) is 2.47. The molecule has 2 atom stereocenters. The number of thiol groups is 1. The number of amides is 1. The van der Waals surface area contributed by atoms with Crippen molar-refractivity contribution in [3.05, 3.63) is 0 Å². The molecule has 0 aromatic heterocycles. The average Bonchev–Trinajstić information content (AvgIpc) is 2.55. The summed E-state index contributed by atoms with van der Waals surface area (Å²) in [5, 5.41) is 2.91. The summed E-state index contributed by atoms with van der Waals surface area (Å²) in [6.45, 7) is 2.82. The van der Waals surface area contributed by atoms with Gasteiger partial charge in [0.2, 0.25) is 5.91 Å². The van der Waals surface area contributed by atoms with Gasteiger partial charge in [-0.1, -0.05) is 0 Å². The Kier molecular flexibility index (Phi) is 4.59. The summed E-state index contributed by atoms with van der Waals surface area (Å²) in [5.74, 6) is 0.669. The second-order valence-corrected chi connectivity index (χ2v) is 3.83. The molecular weight excluding hydrogens is 186 g/mol. The lowest BCUT2D eigenvalue weighted by Gasteiger charge is -2.19. The molecule has 3 nitrogen and oxygen atoms in total. The Bertz CT molecular complexity index is 169. The van der Waals surface area contributed by atoms with E-state index in [-0.39, 0.29) is 18.1 Å². The van der Waals surface area contributed by atoms with E-state index in [1.165, 1.54) is 0 Å². The molecule has 1 rings (SSSR count). The van der Waals surface area contributed by atoms with Crippen LogP contribution in [-0.2, 0) is 9.53 Å². The third kappa shape index (κ3) is 3.56. The fourth-order valence-electron chi connectivity index (χ4n) is 1.52. The van der Waals surface area contributed by atoms with Crippen LogP contribution in [0, 0.1) is 0 Å². The van der Waals surface area contributed by atoms with E-state index in [9.17, 15) is 4.79 Å². The Hall–Kier alpha value is -0.220. The second-order valence-electron chi connectivity index (χ2n) is 3.38. The lowest BCUT2D eigenvalue weighted by atomic mass is 10.1. The Morgan fingerprint density at radius 2 is 2.54 bits per heavy atom. The third-order valence-electron chi connectivity index (χ3n) is 2.25. The number of carbonyl (C=O) groups excluding carboxylic acids is 1. The number of ether oxygens (including phenoxy) is 1. The van der Waals surface area contributed by atoms with Crippen molar-refractivity contribution in [1.29, 1.82) is 0 Å². The lowest BCUT2D eigenvalue weighted by Crippen LogP contribution is -2.40. The zero-order valence-electron chi connectivity index (χ0n) is 7.95. The van der Waals surface area contributed by atoms with E-state index in [1.54, 1.807) is 0 Å². The molecule has 1 heterocycles. The van der Waals surface area contributed by atoms with Gasteiger partial charge in [0.1, 0.15) is 0 Å². The van der Waals surface area contributed by atoms with Gasteiger partial charge in [-0.25, -0.2) is 0 Å². The molecule has 1 saturated heterocycles. The van der Waals surface area contributed by atoms with E-state index in [4.69, 9.17) is 4.74 Å². The van der Waals surface area contributed by atoms with Crippen LogP contribution in [-0.4, -0.2) is 30.4 Å². The molecule has 0 spiro atoms. The largest absolute Gasteiger partial charge is 0.376 e. The van der Waals surface area contributed by atoms with Crippen molar-refractivity contribution in [2.75, 3.05) is 12.4 Å². The van der Waals surface area contributed by atoms with Crippen LogP contribution in [0.25, 0.3) is 0 Å². The van der Waals surface area contributed by atoms with Crippen LogP contribution < -0.4 is 5.32 Å². The average molecular weight is 203 g/mol. The Labute approximate surface area is 84.6 Å². The lowest BCUT2D eigenvalue weighted by molar-refractivity contribution is -0.122. The molecule has 0 aliphatic carbocycles. The maximum absolute atomic E-state index is 11.2. The van der Waals surface area contributed by atoms with Crippen molar-refractivity contribution in [2.24, 2.45) is 0 Å². The first kappa shape index (κ1) is 10.9. The molecule has 1 N–H and O–H groups in total. The van der Waals surface area contributed by atoms with Crippen LogP contribution in [0.2, 0.25) is 0 Å². The van der Waals surface area contributed by atoms with Gasteiger partial charge in [-0.3, -0.25) is 4.79 Å². The van der Waals surface area contributed by atoms with E-state index in [0.717, 1.165) is 19.4 Å². The molecule has 0 aromatic rings. The van der Waals surface area contributed by atoms with Crippen LogP contribution in [0.15, 0.2) is 0 Å². The van der Waals surface area contributed by atoms with Crippen molar-refractivity contribution in [2.45, 2.75) is 38.3 Å². The molecule has 1 fully saturated rings. The normalized spacial score (nSPS) is 24.3. The Morgan fingerprint density at radius 1 is 1.77 bits per heavy atom. The van der Waals surface area contributed by atoms with Gasteiger partial charge < -0.3 is 10.1 Å². The van der Waals surface area contributed by atoms with E-state index < -0.39 is 0 Å². The topological polar surface area (TPSA) is 38.3 Å². The number of rotatable bonds is 4. The summed E-state index contributed by atoms with van der Waals surface area (Å²) >= 11 is 4.00. The van der Waals surface area contributed by atoms with E-state index in [2.05, 4.69) is 17.9 Å². The molecule has 0 saturated carbocycles. The maximum atomic E-state index is 11.2. The first-order valence-corrected chi connectivity index (χ1v) is 5.39. The van der Waals surface area contributed by atoms with Crippen molar-refractivity contribution in [1.82, 2.24) is 5.32 Å². The fraction of sp³-hybridized carbons (Fsp3) is 0.889. The van der Waals surface area contributed by atoms with Crippen LogP contribution in [0.5, 0.6) is 0 Å². The van der Waals surface area contributed by atoms with Gasteiger partial charge in [0.25, 0.3) is 0 Å². The first-order chi connectivity index (χ1) is 6.24. The minimum absolute atomic E-state index is 0.0676. The molecule has 0 radical (unpaired) electrons.